The molecule has 0 rings (SSSR count). The summed E-state index contributed by atoms with van der Waals surface area (Å²) < 4.78 is 32.0. The van der Waals surface area contributed by atoms with E-state index in [0.29, 0.717) is 19.6 Å². The van der Waals surface area contributed by atoms with Crippen molar-refractivity contribution in [3.05, 3.63) is 12.2 Å². The van der Waals surface area contributed by atoms with E-state index >= 15 is 0 Å². The highest BCUT2D eigenvalue weighted by Crippen LogP contribution is 2.32. The molecule has 0 spiro atoms. The molecule has 0 aliphatic rings. The molecule has 0 bridgehead atoms. The summed E-state index contributed by atoms with van der Waals surface area (Å²) in [6.45, 7) is 24.3. The van der Waals surface area contributed by atoms with Crippen LogP contribution in [0, 0.1) is 0 Å². The minimum Gasteiger partial charge on any atom is -0.436 e. The predicted octanol–water partition coefficient (Wildman–Crippen LogP) is 6.03. The maximum absolute atomic E-state index is 11.7. The Balaban J connectivity index is 5.04. The molecule has 0 amide bonds. The lowest BCUT2D eigenvalue weighted by atomic mass is 10.3. The molecular weight excluding hydrogens is 505 g/mol. The van der Waals surface area contributed by atoms with Gasteiger partial charge in [0.05, 0.1) is 6.61 Å². The lowest BCUT2D eigenvalue weighted by molar-refractivity contribution is -0.231. The van der Waals surface area contributed by atoms with Crippen molar-refractivity contribution in [3.63, 3.8) is 0 Å². The van der Waals surface area contributed by atoms with Gasteiger partial charge in [-0.25, -0.2) is 4.89 Å². The van der Waals surface area contributed by atoms with Crippen LogP contribution < -0.4 is 0 Å². The third-order valence-corrected chi connectivity index (χ3v) is 16.1. The summed E-state index contributed by atoms with van der Waals surface area (Å²) in [7, 11) is -8.59. The standard InChI is InChI=1S/C22H50O8Si4/c1-12-22(2,27-33(9,10)29-31(3,4)5)28-34(11,30-32(6,7)8)20-14-17-25-19-16-21(23)15-13-18-26-24/h13,15,24H,12,14,16-20H2,1-11H3. The normalized spacial score (nSPS) is 17.1. The molecule has 1 N–H and O–H groups in total. The van der Waals surface area contributed by atoms with Gasteiger partial charge >= 0.3 is 17.1 Å². The Morgan fingerprint density at radius 3 is 2.00 bits per heavy atom. The molecule has 0 aliphatic carbocycles. The van der Waals surface area contributed by atoms with Crippen LogP contribution in [0.25, 0.3) is 0 Å². The van der Waals surface area contributed by atoms with Gasteiger partial charge in [-0.15, -0.1) is 0 Å². The van der Waals surface area contributed by atoms with E-state index in [1.165, 1.54) is 12.2 Å². The van der Waals surface area contributed by atoms with Gasteiger partial charge in [0, 0.05) is 13.0 Å². The van der Waals surface area contributed by atoms with E-state index in [4.69, 9.17) is 27.1 Å². The number of carbonyl (C=O) groups is 1. The highest BCUT2D eigenvalue weighted by atomic mass is 28.4. The topological polar surface area (TPSA) is 92.7 Å². The zero-order chi connectivity index (χ0) is 26.7. The van der Waals surface area contributed by atoms with E-state index in [1.807, 2.05) is 6.92 Å². The van der Waals surface area contributed by atoms with Crippen LogP contribution in [-0.2, 0) is 31.5 Å². The number of allylic oxidation sites excluding steroid dienone is 1. The molecule has 2 unspecified atom stereocenters. The Morgan fingerprint density at radius 1 is 0.912 bits per heavy atom. The second-order valence-corrected chi connectivity index (χ2v) is 27.3. The Hall–Kier alpha value is -0.00247. The van der Waals surface area contributed by atoms with Crippen molar-refractivity contribution < 1.29 is 36.8 Å². The molecule has 0 aromatic rings. The van der Waals surface area contributed by atoms with Gasteiger partial charge in [0.1, 0.15) is 12.4 Å². The third-order valence-electron chi connectivity index (χ3n) is 4.50. The van der Waals surface area contributed by atoms with Crippen LogP contribution in [0.1, 0.15) is 33.1 Å². The Bertz CT molecular complexity index is 633. The SMILES string of the molecule is CCC(C)(O[Si](C)(C)O[Si](C)(C)C)O[Si](C)(CCCOCCC(=O)C=CCOO)O[Si](C)(C)C. The molecule has 2 atom stereocenters. The summed E-state index contributed by atoms with van der Waals surface area (Å²) in [5.74, 6) is -0.835. The van der Waals surface area contributed by atoms with Gasteiger partial charge in [0.25, 0.3) is 0 Å². The van der Waals surface area contributed by atoms with Gasteiger partial charge in [-0.1, -0.05) is 13.0 Å². The largest absolute Gasteiger partial charge is 0.436 e. The Morgan fingerprint density at radius 2 is 1.50 bits per heavy atom. The molecule has 0 aromatic heterocycles. The van der Waals surface area contributed by atoms with Gasteiger partial charge in [-0.3, -0.25) is 10.1 Å². The molecule has 0 heterocycles. The predicted molar refractivity (Wildman–Crippen MR) is 146 cm³/mol. The Labute approximate surface area is 212 Å². The van der Waals surface area contributed by atoms with Crippen molar-refractivity contribution in [2.24, 2.45) is 0 Å². The summed E-state index contributed by atoms with van der Waals surface area (Å²) in [4.78, 5) is 15.6. The first-order chi connectivity index (χ1) is 15.3. The molecule has 0 aliphatic heterocycles. The van der Waals surface area contributed by atoms with Gasteiger partial charge < -0.3 is 21.8 Å². The maximum atomic E-state index is 11.7. The van der Waals surface area contributed by atoms with Crippen LogP contribution in [0.15, 0.2) is 12.2 Å². The number of rotatable bonds is 19. The molecule has 12 heteroatoms. The fourth-order valence-electron chi connectivity index (χ4n) is 3.75. The average molecular weight is 555 g/mol. The second-order valence-electron chi connectivity index (χ2n) is 11.3. The van der Waals surface area contributed by atoms with E-state index in [9.17, 15) is 4.79 Å². The van der Waals surface area contributed by atoms with Crippen molar-refractivity contribution in [2.45, 2.75) is 104 Å². The van der Waals surface area contributed by atoms with Crippen LogP contribution in [0.4, 0.5) is 0 Å². The molecule has 0 saturated heterocycles. The molecule has 0 radical (unpaired) electrons. The first-order valence-electron chi connectivity index (χ1n) is 12.2. The van der Waals surface area contributed by atoms with E-state index in [1.54, 1.807) is 0 Å². The molecule has 0 fully saturated rings. The van der Waals surface area contributed by atoms with E-state index in [-0.39, 0.29) is 18.8 Å². The minimum atomic E-state index is -2.58. The van der Waals surface area contributed by atoms with Crippen molar-refractivity contribution in [1.82, 2.24) is 0 Å². The van der Waals surface area contributed by atoms with Gasteiger partial charge in [-0.05, 0) is 90.8 Å². The van der Waals surface area contributed by atoms with E-state index in [2.05, 4.69) is 70.7 Å². The summed E-state index contributed by atoms with van der Waals surface area (Å²) in [5.41, 5.74) is 0. The number of hydrogen-bond donors (Lipinski definition) is 1. The quantitative estimate of drug-likeness (QED) is 0.0516. The third kappa shape index (κ3) is 17.4. The molecular formula is C22H50O8Si4. The van der Waals surface area contributed by atoms with Gasteiger partial charge in [0.15, 0.2) is 22.4 Å². The summed E-state index contributed by atoms with van der Waals surface area (Å²) in [6.07, 6.45) is 4.62. The van der Waals surface area contributed by atoms with Crippen molar-refractivity contribution >= 4 is 39.5 Å². The van der Waals surface area contributed by atoms with Crippen LogP contribution in [0.2, 0.25) is 65.0 Å². The van der Waals surface area contributed by atoms with Crippen LogP contribution in [-0.4, -0.2) is 70.4 Å². The summed E-state index contributed by atoms with van der Waals surface area (Å²) in [5, 5.41) is 8.26. The lowest BCUT2D eigenvalue weighted by Crippen LogP contribution is -2.57. The van der Waals surface area contributed by atoms with Crippen LogP contribution in [0.5, 0.6) is 0 Å². The first kappa shape index (κ1) is 34.0. The molecule has 0 saturated carbocycles. The van der Waals surface area contributed by atoms with Gasteiger partial charge in [-0.2, -0.15) is 0 Å². The maximum Gasteiger partial charge on any atom is 0.326 e. The molecule has 0 aromatic carbocycles. The number of carbonyl (C=O) groups excluding carboxylic acids is 1. The number of ether oxygens (including phenoxy) is 1. The Kier molecular flexibility index (Phi) is 14.7. The van der Waals surface area contributed by atoms with Crippen molar-refractivity contribution in [2.75, 3.05) is 19.8 Å². The monoisotopic (exact) mass is 554 g/mol. The fraction of sp³-hybridized carbons (Fsp3) is 0.864. The zero-order valence-electron chi connectivity index (χ0n) is 23.4. The smallest absolute Gasteiger partial charge is 0.326 e. The molecule has 202 valence electrons. The lowest BCUT2D eigenvalue weighted by Gasteiger charge is -2.45. The second kappa shape index (κ2) is 14.7. The van der Waals surface area contributed by atoms with E-state index in [0.717, 1.165) is 12.5 Å². The zero-order valence-corrected chi connectivity index (χ0v) is 27.4. The highest BCUT2D eigenvalue weighted by molar-refractivity contribution is 6.82. The van der Waals surface area contributed by atoms with Gasteiger partial charge in [0.2, 0.25) is 0 Å². The average Bonchev–Trinajstić information content (AvgIpc) is 2.60. The molecule has 34 heavy (non-hydrogen) atoms. The number of ketones is 1. The summed E-state index contributed by atoms with van der Waals surface area (Å²) in [6, 6.07) is 0.773. The van der Waals surface area contributed by atoms with E-state index < -0.39 is 39.5 Å². The van der Waals surface area contributed by atoms with Crippen molar-refractivity contribution in [1.29, 1.82) is 0 Å². The number of hydrogen-bond acceptors (Lipinski definition) is 8. The summed E-state index contributed by atoms with van der Waals surface area (Å²) >= 11 is 0. The highest BCUT2D eigenvalue weighted by Gasteiger charge is 2.46. The minimum absolute atomic E-state index is 0.00275. The van der Waals surface area contributed by atoms with Crippen molar-refractivity contribution in [3.8, 4) is 0 Å². The first-order valence-corrected chi connectivity index (χ1v) is 24.3. The van der Waals surface area contributed by atoms with Crippen LogP contribution in [0.3, 0.4) is 0 Å². The fourth-order valence-corrected chi connectivity index (χ4v) is 18.9. The molecule has 8 nitrogen and oxygen atoms in total. The van der Waals surface area contributed by atoms with Crippen LogP contribution >= 0.6 is 0 Å².